The van der Waals surface area contributed by atoms with Crippen molar-refractivity contribution < 1.29 is 0 Å². The number of nitrogens with zero attached hydrogens (tertiary/aromatic N) is 3. The lowest BCUT2D eigenvalue weighted by molar-refractivity contribution is 1.05. The lowest BCUT2D eigenvalue weighted by atomic mass is 10.2. The van der Waals surface area contributed by atoms with E-state index >= 15 is 0 Å². The lowest BCUT2D eigenvalue weighted by Gasteiger charge is -2.00. The van der Waals surface area contributed by atoms with Crippen LogP contribution in [0.1, 0.15) is 5.56 Å². The van der Waals surface area contributed by atoms with E-state index in [2.05, 4.69) is 5.40 Å². The zero-order valence-electron chi connectivity index (χ0n) is 10.4. The number of thioether (sulfide) groups is 1. The summed E-state index contributed by atoms with van der Waals surface area (Å²) in [5, 5.41) is 12.0. The second kappa shape index (κ2) is 4.79. The second-order valence-corrected chi connectivity index (χ2v) is 4.98. The van der Waals surface area contributed by atoms with Gasteiger partial charge in [0.25, 0.3) is 0 Å². The molecule has 19 heavy (non-hydrogen) atoms. The first kappa shape index (κ1) is 11.8. The van der Waals surface area contributed by atoms with Gasteiger partial charge in [0.2, 0.25) is 0 Å². The van der Waals surface area contributed by atoms with Gasteiger partial charge in [-0.2, -0.15) is 5.26 Å². The number of nitriles is 1. The average molecular weight is 265 g/mol. The first-order chi connectivity index (χ1) is 9.31. The summed E-state index contributed by atoms with van der Waals surface area (Å²) in [6.45, 7) is 2.03. The van der Waals surface area contributed by atoms with Crippen molar-refractivity contribution in [3.63, 3.8) is 0 Å². The summed E-state index contributed by atoms with van der Waals surface area (Å²) in [6, 6.07) is 14.0. The van der Waals surface area contributed by atoms with Gasteiger partial charge >= 0.3 is 0 Å². The van der Waals surface area contributed by atoms with Crippen LogP contribution in [0, 0.1) is 17.6 Å². The van der Waals surface area contributed by atoms with Gasteiger partial charge in [-0.25, -0.2) is 4.98 Å². The van der Waals surface area contributed by atoms with E-state index in [1.165, 1.54) is 0 Å². The summed E-state index contributed by atoms with van der Waals surface area (Å²) >= 11 is 1.15. The Bertz CT molecular complexity index is 769. The molecule has 0 saturated carbocycles. The molecule has 0 aliphatic carbocycles. The number of thiocyanates is 1. The molecule has 0 radical (unpaired) electrons. The molecule has 0 atom stereocenters. The fourth-order valence-electron chi connectivity index (χ4n) is 2.11. The van der Waals surface area contributed by atoms with E-state index in [1.54, 1.807) is 0 Å². The fraction of sp³-hybridized carbons (Fsp3) is 0.0667. The van der Waals surface area contributed by atoms with Gasteiger partial charge < -0.3 is 0 Å². The number of pyridine rings is 1. The molecule has 0 amide bonds. The summed E-state index contributed by atoms with van der Waals surface area (Å²) in [6.07, 6.45) is 1.95. The Kier molecular flexibility index (Phi) is 2.98. The van der Waals surface area contributed by atoms with Gasteiger partial charge in [-0.15, -0.1) is 0 Å². The molecule has 0 N–H and O–H groups in total. The largest absolute Gasteiger partial charge is 0.293 e. The van der Waals surface area contributed by atoms with Crippen LogP contribution < -0.4 is 0 Å². The predicted octanol–water partition coefficient (Wildman–Crippen LogP) is 3.88. The molecule has 3 rings (SSSR count). The van der Waals surface area contributed by atoms with E-state index < -0.39 is 0 Å². The molecule has 0 unspecified atom stereocenters. The van der Waals surface area contributed by atoms with E-state index in [9.17, 15) is 0 Å². The van der Waals surface area contributed by atoms with Crippen LogP contribution in [0.3, 0.4) is 0 Å². The van der Waals surface area contributed by atoms with Crippen LogP contribution in [0.5, 0.6) is 0 Å². The minimum atomic E-state index is 0.862. The smallest absolute Gasteiger partial charge is 0.141 e. The SMILES string of the molecule is Cc1cccn2c(SC#N)c(-c3ccccc3)nc12. The van der Waals surface area contributed by atoms with Crippen molar-refractivity contribution in [3.8, 4) is 16.7 Å². The van der Waals surface area contributed by atoms with E-state index in [0.29, 0.717) is 0 Å². The van der Waals surface area contributed by atoms with E-state index in [1.807, 2.05) is 60.0 Å². The molecular weight excluding hydrogens is 254 g/mol. The molecule has 4 heteroatoms. The van der Waals surface area contributed by atoms with E-state index in [-0.39, 0.29) is 0 Å². The van der Waals surface area contributed by atoms with Gasteiger partial charge in [0.05, 0.1) is 0 Å². The minimum Gasteiger partial charge on any atom is -0.293 e. The van der Waals surface area contributed by atoms with Gasteiger partial charge in [0.15, 0.2) is 0 Å². The molecule has 3 nitrogen and oxygen atoms in total. The van der Waals surface area contributed by atoms with Gasteiger partial charge in [0.1, 0.15) is 21.8 Å². The number of hydrogen-bond donors (Lipinski definition) is 0. The molecule has 92 valence electrons. The molecule has 2 aromatic heterocycles. The summed E-state index contributed by atoms with van der Waals surface area (Å²) in [5.41, 5.74) is 3.90. The van der Waals surface area contributed by atoms with Crippen molar-refractivity contribution in [2.24, 2.45) is 0 Å². The highest BCUT2D eigenvalue weighted by atomic mass is 32.2. The maximum Gasteiger partial charge on any atom is 0.141 e. The maximum atomic E-state index is 9.01. The number of rotatable bonds is 2. The average Bonchev–Trinajstić information content (AvgIpc) is 2.81. The van der Waals surface area contributed by atoms with E-state index in [4.69, 9.17) is 10.2 Å². The Morgan fingerprint density at radius 2 is 1.95 bits per heavy atom. The monoisotopic (exact) mass is 265 g/mol. The molecule has 2 heterocycles. The Morgan fingerprint density at radius 3 is 2.68 bits per heavy atom. The van der Waals surface area contributed by atoms with Crippen LogP contribution in [-0.4, -0.2) is 9.38 Å². The van der Waals surface area contributed by atoms with Crippen LogP contribution in [0.25, 0.3) is 16.9 Å². The third kappa shape index (κ3) is 1.98. The van der Waals surface area contributed by atoms with Crippen LogP contribution in [-0.2, 0) is 0 Å². The molecule has 0 aliphatic rings. The summed E-state index contributed by atoms with van der Waals surface area (Å²) < 4.78 is 1.98. The molecule has 0 saturated heterocycles. The number of aryl methyl sites for hydroxylation is 1. The third-order valence-corrected chi connectivity index (χ3v) is 3.67. The van der Waals surface area contributed by atoms with Crippen LogP contribution >= 0.6 is 11.8 Å². The second-order valence-electron chi connectivity index (χ2n) is 4.21. The van der Waals surface area contributed by atoms with E-state index in [0.717, 1.165) is 39.3 Å². The van der Waals surface area contributed by atoms with Crippen molar-refractivity contribution in [1.29, 1.82) is 5.26 Å². The highest BCUT2D eigenvalue weighted by Crippen LogP contribution is 2.32. The molecular formula is C15H11N3S. The fourth-order valence-corrected chi connectivity index (χ4v) is 2.70. The maximum absolute atomic E-state index is 9.01. The number of imidazole rings is 1. The van der Waals surface area contributed by atoms with Gasteiger partial charge in [0, 0.05) is 23.5 Å². The summed E-state index contributed by atoms with van der Waals surface area (Å²) in [7, 11) is 0. The molecule has 0 bridgehead atoms. The highest BCUT2D eigenvalue weighted by molar-refractivity contribution is 8.03. The zero-order valence-corrected chi connectivity index (χ0v) is 11.2. The topological polar surface area (TPSA) is 41.1 Å². The standard InChI is InChI=1S/C15H11N3S/c1-11-6-5-9-18-14(11)17-13(15(18)19-10-16)12-7-3-2-4-8-12/h2-9H,1H3. The number of benzene rings is 1. The first-order valence-electron chi connectivity index (χ1n) is 5.90. The Morgan fingerprint density at radius 1 is 1.16 bits per heavy atom. The third-order valence-electron chi connectivity index (χ3n) is 2.99. The van der Waals surface area contributed by atoms with Gasteiger partial charge in [-0.3, -0.25) is 4.40 Å². The number of fused-ring (bicyclic) bond motifs is 1. The van der Waals surface area contributed by atoms with Crippen molar-refractivity contribution in [2.45, 2.75) is 11.9 Å². The lowest BCUT2D eigenvalue weighted by Crippen LogP contribution is -1.87. The van der Waals surface area contributed by atoms with Crippen molar-refractivity contribution in [2.75, 3.05) is 0 Å². The zero-order chi connectivity index (χ0) is 13.2. The molecule has 0 fully saturated rings. The molecule has 1 aromatic carbocycles. The van der Waals surface area contributed by atoms with Crippen molar-refractivity contribution in [3.05, 3.63) is 54.2 Å². The molecule has 3 aromatic rings. The number of hydrogen-bond acceptors (Lipinski definition) is 3. The van der Waals surface area contributed by atoms with Gasteiger partial charge in [-0.1, -0.05) is 36.4 Å². The number of aromatic nitrogens is 2. The first-order valence-corrected chi connectivity index (χ1v) is 6.72. The minimum absolute atomic E-state index is 0.862. The van der Waals surface area contributed by atoms with Crippen LogP contribution in [0.4, 0.5) is 0 Å². The summed E-state index contributed by atoms with van der Waals surface area (Å²) in [4.78, 5) is 4.69. The Labute approximate surface area is 115 Å². The van der Waals surface area contributed by atoms with Crippen LogP contribution in [0.2, 0.25) is 0 Å². The Hall–Kier alpha value is -2.25. The molecule has 0 aliphatic heterocycles. The normalized spacial score (nSPS) is 10.5. The highest BCUT2D eigenvalue weighted by Gasteiger charge is 2.15. The van der Waals surface area contributed by atoms with Crippen molar-refractivity contribution in [1.82, 2.24) is 9.38 Å². The summed E-state index contributed by atoms with van der Waals surface area (Å²) in [5.74, 6) is 0. The Balaban J connectivity index is 2.33. The predicted molar refractivity (Wildman–Crippen MR) is 76.8 cm³/mol. The van der Waals surface area contributed by atoms with Crippen molar-refractivity contribution >= 4 is 17.4 Å². The quantitative estimate of drug-likeness (QED) is 0.521. The molecule has 0 spiro atoms. The van der Waals surface area contributed by atoms with Gasteiger partial charge in [-0.05, 0) is 18.6 Å². The van der Waals surface area contributed by atoms with Crippen LogP contribution in [0.15, 0.2) is 53.7 Å².